The number of hydrogen-bond acceptors (Lipinski definition) is 5. The van der Waals surface area contributed by atoms with Gasteiger partial charge in [0.2, 0.25) is 0 Å². The lowest BCUT2D eigenvalue weighted by Gasteiger charge is -2.37. The van der Waals surface area contributed by atoms with Crippen LogP contribution in [-0.2, 0) is 9.59 Å². The molecule has 37 heavy (non-hydrogen) atoms. The highest BCUT2D eigenvalue weighted by molar-refractivity contribution is 6.09. The van der Waals surface area contributed by atoms with Gasteiger partial charge in [0.15, 0.2) is 5.78 Å². The summed E-state index contributed by atoms with van der Waals surface area (Å²) in [5.74, 6) is -0.196. The zero-order chi connectivity index (χ0) is 26.1. The summed E-state index contributed by atoms with van der Waals surface area (Å²) in [6, 6.07) is 17.4. The molecule has 188 valence electrons. The first-order chi connectivity index (χ1) is 17.8. The normalized spacial score (nSPS) is 19.3. The Hall–Kier alpha value is -4.26. The minimum atomic E-state index is -0.619. The highest BCUT2D eigenvalue weighted by atomic mass is 19.1. The lowest BCUT2D eigenvalue weighted by molar-refractivity contribution is -0.116. The van der Waals surface area contributed by atoms with Gasteiger partial charge in [-0.15, -0.1) is 0 Å². The van der Waals surface area contributed by atoms with Crippen molar-refractivity contribution in [1.82, 2.24) is 10.3 Å². The molecule has 2 aliphatic rings. The minimum Gasteiger partial charge on any atom is -0.497 e. The van der Waals surface area contributed by atoms with Gasteiger partial charge in [-0.1, -0.05) is 24.3 Å². The molecule has 2 unspecified atom stereocenters. The van der Waals surface area contributed by atoms with E-state index in [4.69, 9.17) is 4.74 Å². The Morgan fingerprint density at radius 2 is 1.73 bits per heavy atom. The Kier molecular flexibility index (Phi) is 6.61. The summed E-state index contributed by atoms with van der Waals surface area (Å²) in [4.78, 5) is 31.5. The predicted molar refractivity (Wildman–Crippen MR) is 140 cm³/mol. The number of halogens is 1. The second-order valence-electron chi connectivity index (χ2n) is 9.51. The molecular weight excluding hydrogens is 469 g/mol. The van der Waals surface area contributed by atoms with E-state index in [-0.39, 0.29) is 23.4 Å². The second kappa shape index (κ2) is 10.0. The molecule has 1 aromatic heterocycles. The maximum atomic E-state index is 13.8. The van der Waals surface area contributed by atoms with Gasteiger partial charge < -0.3 is 15.4 Å². The van der Waals surface area contributed by atoms with Crippen molar-refractivity contribution in [1.29, 1.82) is 0 Å². The zero-order valence-corrected chi connectivity index (χ0v) is 21.0. The number of carbonyl (C=O) groups is 2. The molecule has 0 spiro atoms. The fourth-order valence-corrected chi connectivity index (χ4v) is 5.23. The van der Waals surface area contributed by atoms with Crippen molar-refractivity contribution in [2.75, 3.05) is 12.4 Å². The molecule has 0 fully saturated rings. The Morgan fingerprint density at radius 3 is 2.41 bits per heavy atom. The van der Waals surface area contributed by atoms with Crippen LogP contribution in [0, 0.1) is 12.7 Å². The highest BCUT2D eigenvalue weighted by Crippen LogP contribution is 2.45. The van der Waals surface area contributed by atoms with Crippen LogP contribution in [0.1, 0.15) is 48.3 Å². The molecule has 0 bridgehead atoms. The topological polar surface area (TPSA) is 80.3 Å². The second-order valence-corrected chi connectivity index (χ2v) is 9.51. The Labute approximate surface area is 215 Å². The van der Waals surface area contributed by atoms with Gasteiger partial charge in [0, 0.05) is 41.1 Å². The van der Waals surface area contributed by atoms with Gasteiger partial charge in [0.1, 0.15) is 17.4 Å². The summed E-state index contributed by atoms with van der Waals surface area (Å²) >= 11 is 0. The average molecular weight is 498 g/mol. The van der Waals surface area contributed by atoms with Crippen LogP contribution in [0.25, 0.3) is 0 Å². The molecule has 2 atom stereocenters. The lowest BCUT2D eigenvalue weighted by atomic mass is 9.71. The van der Waals surface area contributed by atoms with Crippen molar-refractivity contribution in [3.8, 4) is 5.75 Å². The Balaban J connectivity index is 1.53. The van der Waals surface area contributed by atoms with Gasteiger partial charge in [-0.25, -0.2) is 9.37 Å². The maximum absolute atomic E-state index is 13.8. The van der Waals surface area contributed by atoms with Crippen molar-refractivity contribution < 1.29 is 18.7 Å². The summed E-state index contributed by atoms with van der Waals surface area (Å²) in [5.41, 5.74) is 5.14. The van der Waals surface area contributed by atoms with Gasteiger partial charge in [0.25, 0.3) is 5.91 Å². The predicted octanol–water partition coefficient (Wildman–Crippen LogP) is 5.54. The number of ether oxygens (including phenoxy) is 1. The van der Waals surface area contributed by atoms with Gasteiger partial charge in [-0.3, -0.25) is 9.59 Å². The molecule has 3 aromatic rings. The summed E-state index contributed by atoms with van der Waals surface area (Å²) < 4.78 is 19.1. The van der Waals surface area contributed by atoms with E-state index in [9.17, 15) is 14.0 Å². The van der Waals surface area contributed by atoms with Crippen LogP contribution in [0.4, 0.5) is 10.2 Å². The summed E-state index contributed by atoms with van der Waals surface area (Å²) in [5, 5.41) is 6.25. The summed E-state index contributed by atoms with van der Waals surface area (Å²) in [6.07, 6.45) is 2.57. The molecule has 2 heterocycles. The number of dihydropyridines is 1. The molecule has 0 saturated heterocycles. The van der Waals surface area contributed by atoms with Crippen LogP contribution < -0.4 is 15.4 Å². The van der Waals surface area contributed by atoms with E-state index in [1.165, 1.54) is 12.1 Å². The number of Topliss-reactive ketones (excluding diaryl/α,β-unsaturated/α-hetero) is 1. The Morgan fingerprint density at radius 1 is 1.03 bits per heavy atom. The fourth-order valence-electron chi connectivity index (χ4n) is 5.23. The maximum Gasteiger partial charge on any atom is 0.255 e. The van der Waals surface area contributed by atoms with E-state index < -0.39 is 5.92 Å². The highest BCUT2D eigenvalue weighted by Gasteiger charge is 2.41. The molecule has 1 aliphatic carbocycles. The molecule has 2 aromatic carbocycles. The first-order valence-electron chi connectivity index (χ1n) is 12.2. The van der Waals surface area contributed by atoms with Gasteiger partial charge >= 0.3 is 0 Å². The van der Waals surface area contributed by atoms with Crippen LogP contribution in [0.5, 0.6) is 5.75 Å². The number of anilines is 1. The van der Waals surface area contributed by atoms with Crippen LogP contribution in [-0.4, -0.2) is 23.8 Å². The molecule has 2 N–H and O–H groups in total. The third-order valence-corrected chi connectivity index (χ3v) is 7.02. The SMILES string of the molecule is COc1ccc(C2CC(=O)C3=C(C2)NC(C)=C(C(=O)Nc2cc(C)ccn2)C3c2ccc(F)cc2)cc1. The number of pyridine rings is 1. The molecule has 0 saturated carbocycles. The number of rotatable bonds is 5. The summed E-state index contributed by atoms with van der Waals surface area (Å²) in [6.45, 7) is 3.75. The van der Waals surface area contributed by atoms with E-state index >= 15 is 0 Å². The van der Waals surface area contributed by atoms with Crippen LogP contribution in [0.15, 0.2) is 89.4 Å². The summed E-state index contributed by atoms with van der Waals surface area (Å²) in [7, 11) is 1.62. The standard InChI is InChI=1S/C30H28FN3O3/c1-17-12-13-32-26(14-17)34-30(36)27-18(2)33-24-15-21(19-6-10-23(37-3)11-7-19)16-25(35)29(24)28(27)20-4-8-22(31)9-5-20/h4-14,21,28,33H,15-16H2,1-3H3,(H,32,34,36). The Bertz CT molecular complexity index is 1430. The third-order valence-electron chi connectivity index (χ3n) is 7.02. The number of ketones is 1. The van der Waals surface area contributed by atoms with Gasteiger partial charge in [0.05, 0.1) is 7.11 Å². The zero-order valence-electron chi connectivity index (χ0n) is 21.0. The number of aryl methyl sites for hydroxylation is 1. The number of carbonyl (C=O) groups excluding carboxylic acids is 2. The van der Waals surface area contributed by atoms with E-state index in [2.05, 4.69) is 15.6 Å². The number of hydrogen-bond donors (Lipinski definition) is 2. The number of aromatic nitrogens is 1. The molecule has 7 heteroatoms. The van der Waals surface area contributed by atoms with Crippen molar-refractivity contribution in [2.45, 2.75) is 38.5 Å². The van der Waals surface area contributed by atoms with Gasteiger partial charge in [-0.05, 0) is 79.3 Å². The average Bonchev–Trinajstić information content (AvgIpc) is 2.88. The lowest BCUT2D eigenvalue weighted by Crippen LogP contribution is -2.37. The van der Waals surface area contributed by atoms with Crippen LogP contribution in [0.3, 0.4) is 0 Å². The molecule has 0 radical (unpaired) electrons. The van der Waals surface area contributed by atoms with Crippen molar-refractivity contribution in [3.63, 3.8) is 0 Å². The molecule has 5 rings (SSSR count). The number of nitrogens with zero attached hydrogens (tertiary/aromatic N) is 1. The number of methoxy groups -OCH3 is 1. The third kappa shape index (κ3) is 4.89. The van der Waals surface area contributed by atoms with Crippen molar-refractivity contribution in [2.24, 2.45) is 0 Å². The van der Waals surface area contributed by atoms with E-state index in [1.54, 1.807) is 31.5 Å². The van der Waals surface area contributed by atoms with E-state index in [0.29, 0.717) is 41.1 Å². The van der Waals surface area contributed by atoms with Gasteiger partial charge in [-0.2, -0.15) is 0 Å². The van der Waals surface area contributed by atoms with Crippen molar-refractivity contribution >= 4 is 17.5 Å². The first kappa shape index (κ1) is 24.4. The number of allylic oxidation sites excluding steroid dienone is 3. The van der Waals surface area contributed by atoms with Crippen molar-refractivity contribution in [3.05, 3.63) is 112 Å². The van der Waals surface area contributed by atoms with Crippen LogP contribution >= 0.6 is 0 Å². The van der Waals surface area contributed by atoms with E-state index in [1.807, 2.05) is 44.2 Å². The quantitative estimate of drug-likeness (QED) is 0.484. The molecule has 6 nitrogen and oxygen atoms in total. The first-order valence-corrected chi connectivity index (χ1v) is 12.2. The number of nitrogens with one attached hydrogen (secondary N) is 2. The smallest absolute Gasteiger partial charge is 0.255 e. The largest absolute Gasteiger partial charge is 0.497 e. The molecule has 1 amide bonds. The minimum absolute atomic E-state index is 0.00167. The number of benzene rings is 2. The number of amides is 1. The fraction of sp³-hybridized carbons (Fsp3) is 0.233. The molecular formula is C30H28FN3O3. The molecule has 1 aliphatic heterocycles. The van der Waals surface area contributed by atoms with E-state index in [0.717, 1.165) is 22.6 Å². The monoisotopic (exact) mass is 497 g/mol. The van der Waals surface area contributed by atoms with Crippen LogP contribution in [0.2, 0.25) is 0 Å².